The number of ether oxygens (including phenoxy) is 3. The van der Waals surface area contributed by atoms with Crippen LogP contribution in [0.4, 0.5) is 10.5 Å². The van der Waals surface area contributed by atoms with E-state index >= 15 is 0 Å². The van der Waals surface area contributed by atoms with Crippen LogP contribution in [0.3, 0.4) is 0 Å². The van der Waals surface area contributed by atoms with Gasteiger partial charge in [0.1, 0.15) is 11.6 Å². The molecule has 3 N–H and O–H groups in total. The number of amides is 2. The number of allylic oxidation sites excluding steroid dienone is 1. The zero-order valence-corrected chi connectivity index (χ0v) is 23.2. The zero-order valence-electron chi connectivity index (χ0n) is 23.2. The van der Waals surface area contributed by atoms with Crippen molar-refractivity contribution in [3.8, 4) is 0 Å². The standard InChI is InChI=1S/C32H39N3O6/c1-3-5-16-32(24-13-9-10-14-25(24)33-30(32)37)35(17-4-2)20-27(36)26(19-22-11-7-6-8-12-22)34-31(38)41-28-21-40-29-23(28)15-18-39-29/h3-4,6-14,23,26-29,36H,1-2,5,15-21H2,(H,33,37)(H,34,38)/t23-,26-,27+,28-,29+,32?/m0/s1. The van der Waals surface area contributed by atoms with E-state index < -0.39 is 29.9 Å². The van der Waals surface area contributed by atoms with Gasteiger partial charge < -0.3 is 30.0 Å². The Hall–Kier alpha value is -3.50. The van der Waals surface area contributed by atoms with Gasteiger partial charge in [-0.15, -0.1) is 13.2 Å². The Morgan fingerprint density at radius 3 is 2.73 bits per heavy atom. The van der Waals surface area contributed by atoms with Crippen LogP contribution in [-0.2, 0) is 31.0 Å². The lowest BCUT2D eigenvalue weighted by molar-refractivity contribution is -0.129. The summed E-state index contributed by atoms with van der Waals surface area (Å²) >= 11 is 0. The number of alkyl carbamates (subject to hydrolysis) is 1. The van der Waals surface area contributed by atoms with E-state index in [9.17, 15) is 14.7 Å². The molecule has 0 bridgehead atoms. The third kappa shape index (κ3) is 6.08. The lowest BCUT2D eigenvalue weighted by Crippen LogP contribution is -2.57. The predicted molar refractivity (Wildman–Crippen MR) is 155 cm³/mol. The van der Waals surface area contributed by atoms with E-state index in [0.29, 0.717) is 32.4 Å². The Labute approximate surface area is 241 Å². The molecule has 5 rings (SSSR count). The van der Waals surface area contributed by atoms with Crippen LogP contribution in [0.15, 0.2) is 79.9 Å². The highest BCUT2D eigenvalue weighted by Crippen LogP contribution is 2.44. The third-order valence-electron chi connectivity index (χ3n) is 8.31. The number of para-hydroxylation sites is 1. The van der Waals surface area contributed by atoms with Gasteiger partial charge in [-0.1, -0.05) is 60.7 Å². The van der Waals surface area contributed by atoms with Crippen molar-refractivity contribution in [1.82, 2.24) is 10.2 Å². The van der Waals surface area contributed by atoms with Crippen molar-refractivity contribution in [3.63, 3.8) is 0 Å². The van der Waals surface area contributed by atoms with Crippen molar-refractivity contribution in [1.29, 1.82) is 0 Å². The molecule has 41 heavy (non-hydrogen) atoms. The van der Waals surface area contributed by atoms with E-state index in [1.165, 1.54) is 0 Å². The molecule has 0 aromatic heterocycles. The van der Waals surface area contributed by atoms with Crippen molar-refractivity contribution in [3.05, 3.63) is 91.0 Å². The summed E-state index contributed by atoms with van der Waals surface area (Å²) in [6.07, 6.45) is 3.34. The molecule has 2 aromatic rings. The van der Waals surface area contributed by atoms with Crippen LogP contribution in [0.5, 0.6) is 0 Å². The average Bonchev–Trinajstić information content (AvgIpc) is 3.66. The molecule has 2 aromatic carbocycles. The lowest BCUT2D eigenvalue weighted by Gasteiger charge is -2.41. The van der Waals surface area contributed by atoms with Crippen LogP contribution in [0, 0.1) is 5.92 Å². The van der Waals surface area contributed by atoms with Gasteiger partial charge in [-0.3, -0.25) is 9.69 Å². The van der Waals surface area contributed by atoms with Gasteiger partial charge >= 0.3 is 6.09 Å². The van der Waals surface area contributed by atoms with E-state index in [2.05, 4.69) is 23.8 Å². The molecule has 2 fully saturated rings. The summed E-state index contributed by atoms with van der Waals surface area (Å²) in [5.74, 6) is -0.150. The Morgan fingerprint density at radius 1 is 1.17 bits per heavy atom. The molecule has 218 valence electrons. The van der Waals surface area contributed by atoms with Gasteiger partial charge in [-0.25, -0.2) is 4.79 Å². The highest BCUT2D eigenvalue weighted by atomic mass is 16.7. The SMILES string of the molecule is C=CCCC1(N(CC=C)C[C@@H](O)[C@H](Cc2ccccc2)NC(=O)O[C@H]2CO[C@H]3OCC[C@H]32)C(=O)Nc2ccccc21. The second-order valence-corrected chi connectivity index (χ2v) is 10.9. The van der Waals surface area contributed by atoms with Gasteiger partial charge in [0.15, 0.2) is 6.29 Å². The van der Waals surface area contributed by atoms with E-state index in [1.54, 1.807) is 12.2 Å². The first-order chi connectivity index (χ1) is 20.0. The maximum Gasteiger partial charge on any atom is 0.407 e. The first-order valence-corrected chi connectivity index (χ1v) is 14.3. The first-order valence-electron chi connectivity index (χ1n) is 14.3. The number of carbonyl (C=O) groups excluding carboxylic acids is 2. The van der Waals surface area contributed by atoms with Gasteiger partial charge in [-0.05, 0) is 37.3 Å². The zero-order chi connectivity index (χ0) is 28.8. The predicted octanol–water partition coefficient (Wildman–Crippen LogP) is 3.75. The highest BCUT2D eigenvalue weighted by Gasteiger charge is 2.51. The largest absolute Gasteiger partial charge is 0.443 e. The van der Waals surface area contributed by atoms with Crippen LogP contribution >= 0.6 is 0 Å². The molecule has 9 heteroatoms. The van der Waals surface area contributed by atoms with Crippen LogP contribution in [0.1, 0.15) is 30.4 Å². The van der Waals surface area contributed by atoms with Gasteiger partial charge in [0.05, 0.1) is 31.3 Å². The van der Waals surface area contributed by atoms with Crippen molar-refractivity contribution in [2.45, 2.75) is 55.8 Å². The molecule has 0 spiro atoms. The number of rotatable bonds is 13. The normalized spacial score (nSPS) is 26.1. The van der Waals surface area contributed by atoms with E-state index in [-0.39, 0.29) is 31.3 Å². The summed E-state index contributed by atoms with van der Waals surface area (Å²) in [6, 6.07) is 16.6. The summed E-state index contributed by atoms with van der Waals surface area (Å²) in [5, 5.41) is 17.7. The summed E-state index contributed by atoms with van der Waals surface area (Å²) < 4.78 is 16.9. The molecule has 0 radical (unpaired) electrons. The van der Waals surface area contributed by atoms with Crippen molar-refractivity contribution >= 4 is 17.7 Å². The molecule has 3 aliphatic rings. The Bertz CT molecular complexity index is 1240. The van der Waals surface area contributed by atoms with E-state index in [4.69, 9.17) is 14.2 Å². The first kappa shape index (κ1) is 29.0. The van der Waals surface area contributed by atoms with Crippen LogP contribution < -0.4 is 10.6 Å². The van der Waals surface area contributed by atoms with Gasteiger partial charge in [0.2, 0.25) is 5.91 Å². The number of fused-ring (bicyclic) bond motifs is 2. The maximum absolute atomic E-state index is 13.7. The molecule has 3 aliphatic heterocycles. The summed E-state index contributed by atoms with van der Waals surface area (Å²) in [4.78, 5) is 28.7. The molecule has 2 saturated heterocycles. The molecular weight excluding hydrogens is 522 g/mol. The molecule has 0 saturated carbocycles. The number of benzene rings is 2. The monoisotopic (exact) mass is 561 g/mol. The fourth-order valence-corrected chi connectivity index (χ4v) is 6.25. The molecule has 0 aliphatic carbocycles. The Morgan fingerprint density at radius 2 is 1.95 bits per heavy atom. The van der Waals surface area contributed by atoms with E-state index in [0.717, 1.165) is 23.2 Å². The number of nitrogens with zero attached hydrogens (tertiary/aromatic N) is 1. The number of hydrogen-bond acceptors (Lipinski definition) is 7. The van der Waals surface area contributed by atoms with Crippen LogP contribution in [0.2, 0.25) is 0 Å². The third-order valence-corrected chi connectivity index (χ3v) is 8.31. The maximum atomic E-state index is 13.7. The number of nitrogens with one attached hydrogen (secondary N) is 2. The van der Waals surface area contributed by atoms with Gasteiger partial charge in [-0.2, -0.15) is 0 Å². The highest BCUT2D eigenvalue weighted by molar-refractivity contribution is 6.05. The Kier molecular flexibility index (Phi) is 9.19. The fourth-order valence-electron chi connectivity index (χ4n) is 6.25. The quantitative estimate of drug-likeness (QED) is 0.320. The number of aliphatic hydroxyl groups excluding tert-OH is 1. The number of aliphatic hydroxyl groups is 1. The second-order valence-electron chi connectivity index (χ2n) is 10.9. The number of carbonyl (C=O) groups is 2. The summed E-state index contributed by atoms with van der Waals surface area (Å²) in [6.45, 7) is 9.11. The topological polar surface area (TPSA) is 109 Å². The van der Waals surface area contributed by atoms with E-state index in [1.807, 2.05) is 59.5 Å². The summed E-state index contributed by atoms with van der Waals surface area (Å²) in [7, 11) is 0. The fraction of sp³-hybridized carbons (Fsp3) is 0.438. The van der Waals surface area contributed by atoms with Crippen molar-refractivity contribution in [2.24, 2.45) is 5.92 Å². The molecule has 2 amide bonds. The molecule has 6 atom stereocenters. The summed E-state index contributed by atoms with van der Waals surface area (Å²) in [5.41, 5.74) is 1.52. The lowest BCUT2D eigenvalue weighted by atomic mass is 9.83. The minimum absolute atomic E-state index is 0.00648. The molecular formula is C32H39N3O6. The molecule has 9 nitrogen and oxygen atoms in total. The average molecular weight is 562 g/mol. The molecule has 3 heterocycles. The van der Waals surface area contributed by atoms with Gasteiger partial charge in [0.25, 0.3) is 0 Å². The minimum Gasteiger partial charge on any atom is -0.443 e. The number of anilines is 1. The van der Waals surface area contributed by atoms with Crippen LogP contribution in [-0.4, -0.2) is 72.8 Å². The minimum atomic E-state index is -1.04. The smallest absolute Gasteiger partial charge is 0.407 e. The second kappa shape index (κ2) is 13.0. The molecule has 1 unspecified atom stereocenters. The van der Waals surface area contributed by atoms with Crippen molar-refractivity contribution < 1.29 is 28.9 Å². The Balaban J connectivity index is 1.38. The number of hydrogen-bond donors (Lipinski definition) is 3. The van der Waals surface area contributed by atoms with Gasteiger partial charge in [0, 0.05) is 24.3 Å². The van der Waals surface area contributed by atoms with Crippen LogP contribution in [0.25, 0.3) is 0 Å². The van der Waals surface area contributed by atoms with Crippen molar-refractivity contribution in [2.75, 3.05) is 31.6 Å².